The van der Waals surface area contributed by atoms with Crippen LogP contribution in [0.2, 0.25) is 10.0 Å². The van der Waals surface area contributed by atoms with Gasteiger partial charge in [-0.25, -0.2) is 0 Å². The molecule has 0 aromatic heterocycles. The van der Waals surface area contributed by atoms with Crippen molar-refractivity contribution in [3.05, 3.63) is 86.3 Å². The summed E-state index contributed by atoms with van der Waals surface area (Å²) in [7, 11) is 1.50. The highest BCUT2D eigenvalue weighted by molar-refractivity contribution is 9.10. The van der Waals surface area contributed by atoms with Crippen LogP contribution in [0.5, 0.6) is 11.5 Å². The number of ether oxygens (including phenoxy) is 2. The van der Waals surface area contributed by atoms with E-state index in [1.165, 1.54) is 7.11 Å². The van der Waals surface area contributed by atoms with E-state index >= 15 is 0 Å². The zero-order valence-electron chi connectivity index (χ0n) is 20.2. The summed E-state index contributed by atoms with van der Waals surface area (Å²) in [4.78, 5) is 29.5. The quantitative estimate of drug-likeness (QED) is 0.354. The maximum atomic E-state index is 13.1. The molecule has 3 aromatic rings. The first-order valence-corrected chi connectivity index (χ1v) is 13.2. The van der Waals surface area contributed by atoms with Crippen LogP contribution in [0.25, 0.3) is 0 Å². The minimum Gasteiger partial charge on any atom is -0.493 e. The Balaban J connectivity index is 1.31. The van der Waals surface area contributed by atoms with Gasteiger partial charge in [0.25, 0.3) is 11.8 Å². The van der Waals surface area contributed by atoms with Crippen LogP contribution in [0.15, 0.2) is 65.1 Å². The Hall–Kier alpha value is -2.78. The second-order valence-electron chi connectivity index (χ2n) is 8.49. The molecule has 7 nitrogen and oxygen atoms in total. The zero-order valence-corrected chi connectivity index (χ0v) is 23.3. The van der Waals surface area contributed by atoms with Gasteiger partial charge in [0.2, 0.25) is 0 Å². The normalized spacial score (nSPS) is 13.8. The van der Waals surface area contributed by atoms with Crippen LogP contribution in [-0.2, 0) is 11.3 Å². The average Bonchev–Trinajstić information content (AvgIpc) is 2.91. The molecule has 2 amide bonds. The fraction of sp³-hybridized carbons (Fsp3) is 0.259. The Labute approximate surface area is 234 Å². The third kappa shape index (κ3) is 7.17. The fourth-order valence-electron chi connectivity index (χ4n) is 4.00. The number of hydrogen-bond donors (Lipinski definition) is 1. The monoisotopic (exact) mass is 605 g/mol. The van der Waals surface area contributed by atoms with Crippen LogP contribution in [0.1, 0.15) is 15.9 Å². The first kappa shape index (κ1) is 27.3. The number of carbonyl (C=O) groups is 2. The summed E-state index contributed by atoms with van der Waals surface area (Å²) >= 11 is 15.8. The molecule has 0 unspecified atom stereocenters. The summed E-state index contributed by atoms with van der Waals surface area (Å²) in [5.74, 6) is 0.379. The van der Waals surface area contributed by atoms with Crippen LogP contribution < -0.4 is 14.8 Å². The van der Waals surface area contributed by atoms with Crippen molar-refractivity contribution >= 4 is 56.6 Å². The molecular weight excluding hydrogens is 581 g/mol. The van der Waals surface area contributed by atoms with Gasteiger partial charge in [-0.1, -0.05) is 51.3 Å². The number of piperazine rings is 1. The van der Waals surface area contributed by atoms with Crippen LogP contribution in [0.4, 0.5) is 5.69 Å². The van der Waals surface area contributed by atoms with Crippen molar-refractivity contribution in [2.45, 2.75) is 6.54 Å². The van der Waals surface area contributed by atoms with E-state index < -0.39 is 0 Å². The van der Waals surface area contributed by atoms with E-state index in [4.69, 9.17) is 32.7 Å². The molecule has 0 saturated carbocycles. The Morgan fingerprint density at radius 2 is 1.70 bits per heavy atom. The second kappa shape index (κ2) is 12.6. The van der Waals surface area contributed by atoms with Crippen LogP contribution in [0, 0.1) is 0 Å². The molecule has 0 spiro atoms. The Morgan fingerprint density at radius 1 is 0.973 bits per heavy atom. The van der Waals surface area contributed by atoms with Crippen LogP contribution in [0.3, 0.4) is 0 Å². The summed E-state index contributed by atoms with van der Waals surface area (Å²) in [6.07, 6.45) is 0. The van der Waals surface area contributed by atoms with Gasteiger partial charge in [-0.2, -0.15) is 0 Å². The molecule has 37 heavy (non-hydrogen) atoms. The van der Waals surface area contributed by atoms with Crippen molar-refractivity contribution < 1.29 is 19.1 Å². The first-order chi connectivity index (χ1) is 17.8. The number of benzene rings is 3. The minimum absolute atomic E-state index is 0.0849. The predicted octanol–water partition coefficient (Wildman–Crippen LogP) is 5.74. The number of halogens is 3. The third-order valence-electron chi connectivity index (χ3n) is 5.98. The number of nitrogens with zero attached hydrogens (tertiary/aromatic N) is 2. The maximum absolute atomic E-state index is 13.1. The summed E-state index contributed by atoms with van der Waals surface area (Å²) in [5.41, 5.74) is 2.13. The maximum Gasteiger partial charge on any atom is 0.262 e. The van der Waals surface area contributed by atoms with Gasteiger partial charge in [0.1, 0.15) is 0 Å². The summed E-state index contributed by atoms with van der Waals surface area (Å²) in [5, 5.41) is 3.88. The van der Waals surface area contributed by atoms with Crippen LogP contribution >= 0.6 is 39.1 Å². The molecule has 0 radical (unpaired) electrons. The van der Waals surface area contributed by atoms with Gasteiger partial charge < -0.3 is 19.7 Å². The highest BCUT2D eigenvalue weighted by atomic mass is 79.9. The lowest BCUT2D eigenvalue weighted by atomic mass is 10.1. The molecule has 1 N–H and O–H groups in total. The molecule has 10 heteroatoms. The number of hydrogen-bond acceptors (Lipinski definition) is 5. The Kier molecular flexibility index (Phi) is 9.32. The van der Waals surface area contributed by atoms with Gasteiger partial charge in [0.15, 0.2) is 18.1 Å². The van der Waals surface area contributed by atoms with Crippen molar-refractivity contribution in [2.24, 2.45) is 0 Å². The van der Waals surface area contributed by atoms with Gasteiger partial charge in [-0.15, -0.1) is 0 Å². The molecule has 3 aromatic carbocycles. The van der Waals surface area contributed by atoms with E-state index in [2.05, 4.69) is 26.1 Å². The smallest absolute Gasteiger partial charge is 0.262 e. The van der Waals surface area contributed by atoms with Gasteiger partial charge in [0, 0.05) is 48.4 Å². The molecule has 1 fully saturated rings. The highest BCUT2D eigenvalue weighted by Gasteiger charge is 2.24. The van der Waals surface area contributed by atoms with E-state index in [0.29, 0.717) is 52.4 Å². The van der Waals surface area contributed by atoms with E-state index in [1.54, 1.807) is 36.4 Å². The standard InChI is InChI=1S/C27H26BrCl2N3O4/c1-36-24-15-18(5-10-23(24)37-17-25(34)31-21-8-6-20(28)7-9-21)27(35)33-13-11-32(12-14-33)16-19-3-2-4-22(29)26(19)30/h2-10,15H,11-14,16-17H2,1H3,(H,31,34). The van der Waals surface area contributed by atoms with E-state index in [0.717, 1.165) is 23.1 Å². The topological polar surface area (TPSA) is 71.1 Å². The van der Waals surface area contributed by atoms with Gasteiger partial charge in [-0.05, 0) is 54.1 Å². The lowest BCUT2D eigenvalue weighted by Gasteiger charge is -2.35. The van der Waals surface area contributed by atoms with E-state index in [9.17, 15) is 9.59 Å². The van der Waals surface area contributed by atoms with Crippen molar-refractivity contribution in [1.82, 2.24) is 9.80 Å². The van der Waals surface area contributed by atoms with Gasteiger partial charge >= 0.3 is 0 Å². The number of anilines is 1. The lowest BCUT2D eigenvalue weighted by molar-refractivity contribution is -0.118. The Bertz CT molecular complexity index is 1270. The average molecular weight is 607 g/mol. The molecule has 1 heterocycles. The fourth-order valence-corrected chi connectivity index (χ4v) is 4.64. The molecule has 194 valence electrons. The highest BCUT2D eigenvalue weighted by Crippen LogP contribution is 2.29. The van der Waals surface area contributed by atoms with Crippen molar-refractivity contribution in [3.63, 3.8) is 0 Å². The van der Waals surface area contributed by atoms with Crippen molar-refractivity contribution in [1.29, 1.82) is 0 Å². The molecule has 0 bridgehead atoms. The van der Waals surface area contributed by atoms with Gasteiger partial charge in [0.05, 0.1) is 17.2 Å². The van der Waals surface area contributed by atoms with E-state index in [1.807, 2.05) is 29.2 Å². The minimum atomic E-state index is -0.304. The molecule has 1 saturated heterocycles. The molecule has 1 aliphatic rings. The van der Waals surface area contributed by atoms with Crippen molar-refractivity contribution in [3.8, 4) is 11.5 Å². The number of amides is 2. The van der Waals surface area contributed by atoms with Gasteiger partial charge in [-0.3, -0.25) is 14.5 Å². The summed E-state index contributed by atoms with van der Waals surface area (Å²) < 4.78 is 12.0. The molecule has 1 aliphatic heterocycles. The molecule has 4 rings (SSSR count). The molecular formula is C27H26BrCl2N3O4. The van der Waals surface area contributed by atoms with Crippen LogP contribution in [-0.4, -0.2) is 61.5 Å². The molecule has 0 aliphatic carbocycles. The Morgan fingerprint density at radius 3 is 2.41 bits per heavy atom. The van der Waals surface area contributed by atoms with Crippen molar-refractivity contribution in [2.75, 3.05) is 45.2 Å². The summed E-state index contributed by atoms with van der Waals surface area (Å²) in [6, 6.07) is 17.8. The SMILES string of the molecule is COc1cc(C(=O)N2CCN(Cc3cccc(Cl)c3Cl)CC2)ccc1OCC(=O)Nc1ccc(Br)cc1. The third-order valence-corrected chi connectivity index (χ3v) is 7.37. The number of methoxy groups -OCH3 is 1. The summed E-state index contributed by atoms with van der Waals surface area (Å²) in [6.45, 7) is 3.11. The number of nitrogens with one attached hydrogen (secondary N) is 1. The number of rotatable bonds is 8. The lowest BCUT2D eigenvalue weighted by Crippen LogP contribution is -2.48. The van der Waals surface area contributed by atoms with E-state index in [-0.39, 0.29) is 18.4 Å². The first-order valence-electron chi connectivity index (χ1n) is 11.6. The predicted molar refractivity (Wildman–Crippen MR) is 149 cm³/mol. The zero-order chi connectivity index (χ0) is 26.4. The number of carbonyl (C=O) groups excluding carboxylic acids is 2. The largest absolute Gasteiger partial charge is 0.493 e. The second-order valence-corrected chi connectivity index (χ2v) is 10.2. The molecule has 0 atom stereocenters.